The number of nitrogens with zero attached hydrogens (tertiary/aromatic N) is 3. The third kappa shape index (κ3) is 4.35. The molecular weight excluding hydrogens is 238 g/mol. The lowest BCUT2D eigenvalue weighted by atomic mass is 10.1. The average molecular weight is 263 g/mol. The summed E-state index contributed by atoms with van der Waals surface area (Å²) in [5.41, 5.74) is 0.0111. The van der Waals surface area contributed by atoms with Crippen LogP contribution in [0.3, 0.4) is 0 Å². The topological polar surface area (TPSA) is 53.1 Å². The Balaban J connectivity index is 2.00. The predicted octanol–water partition coefficient (Wildman–Crippen LogP) is 1.88. The van der Waals surface area contributed by atoms with Crippen LogP contribution < -0.4 is 15.5 Å². The second-order valence-corrected chi connectivity index (χ2v) is 6.31. The smallest absolute Gasteiger partial charge is 0.133 e. The van der Waals surface area contributed by atoms with Crippen molar-refractivity contribution in [3.8, 4) is 0 Å². The Morgan fingerprint density at radius 2 is 2.21 bits per heavy atom. The van der Waals surface area contributed by atoms with E-state index in [-0.39, 0.29) is 5.54 Å². The molecule has 0 amide bonds. The van der Waals surface area contributed by atoms with Gasteiger partial charge in [0.05, 0.1) is 0 Å². The van der Waals surface area contributed by atoms with E-state index >= 15 is 0 Å². The minimum atomic E-state index is 0.0111. The van der Waals surface area contributed by atoms with Gasteiger partial charge < -0.3 is 15.5 Å². The summed E-state index contributed by atoms with van der Waals surface area (Å²) < 4.78 is 0. The highest BCUT2D eigenvalue weighted by Gasteiger charge is 2.17. The van der Waals surface area contributed by atoms with Crippen molar-refractivity contribution in [2.24, 2.45) is 0 Å². The molecule has 0 aliphatic carbocycles. The lowest BCUT2D eigenvalue weighted by molar-refractivity contribution is 0.596. The first-order chi connectivity index (χ1) is 8.94. The standard InChI is InChI=1S/C14H25N5/c1-14(2,3)18-12-8-13(17-10-16-12)19(4)9-11-6-5-7-15-11/h8,10-11,15H,5-7,9H2,1-4H3,(H,16,17,18). The molecule has 1 fully saturated rings. The molecule has 1 aromatic heterocycles. The molecule has 1 aromatic rings. The largest absolute Gasteiger partial charge is 0.365 e. The van der Waals surface area contributed by atoms with E-state index in [0.29, 0.717) is 6.04 Å². The first-order valence-electron chi connectivity index (χ1n) is 6.99. The Labute approximate surface area is 115 Å². The zero-order chi connectivity index (χ0) is 13.9. The monoisotopic (exact) mass is 263 g/mol. The zero-order valence-electron chi connectivity index (χ0n) is 12.4. The van der Waals surface area contributed by atoms with E-state index in [1.165, 1.54) is 12.8 Å². The Bertz CT molecular complexity index is 407. The minimum absolute atomic E-state index is 0.0111. The number of hydrogen-bond donors (Lipinski definition) is 2. The summed E-state index contributed by atoms with van der Waals surface area (Å²) in [4.78, 5) is 10.8. The Hall–Kier alpha value is -1.36. The van der Waals surface area contributed by atoms with E-state index in [0.717, 1.165) is 24.7 Å². The summed E-state index contributed by atoms with van der Waals surface area (Å²) in [6.45, 7) is 8.51. The second-order valence-electron chi connectivity index (χ2n) is 6.31. The minimum Gasteiger partial charge on any atom is -0.365 e. The molecule has 19 heavy (non-hydrogen) atoms. The van der Waals surface area contributed by atoms with Crippen molar-refractivity contribution >= 4 is 11.6 Å². The molecular formula is C14H25N5. The molecule has 1 aliphatic rings. The molecule has 0 saturated carbocycles. The summed E-state index contributed by atoms with van der Waals surface area (Å²) in [5, 5.41) is 6.89. The highest BCUT2D eigenvalue weighted by molar-refractivity contribution is 5.49. The first kappa shape index (κ1) is 14.1. The van der Waals surface area contributed by atoms with Crippen LogP contribution in [0.1, 0.15) is 33.6 Å². The van der Waals surface area contributed by atoms with E-state index in [4.69, 9.17) is 0 Å². The number of anilines is 2. The molecule has 5 heteroatoms. The van der Waals surface area contributed by atoms with Crippen LogP contribution in [-0.2, 0) is 0 Å². The zero-order valence-corrected chi connectivity index (χ0v) is 12.4. The van der Waals surface area contributed by atoms with Crippen molar-refractivity contribution in [1.29, 1.82) is 0 Å². The average Bonchev–Trinajstić information content (AvgIpc) is 2.80. The first-order valence-corrected chi connectivity index (χ1v) is 6.99. The third-order valence-corrected chi connectivity index (χ3v) is 3.20. The van der Waals surface area contributed by atoms with Gasteiger partial charge in [-0.15, -0.1) is 0 Å². The second kappa shape index (κ2) is 5.74. The van der Waals surface area contributed by atoms with Crippen LogP contribution in [0.2, 0.25) is 0 Å². The maximum absolute atomic E-state index is 4.36. The van der Waals surface area contributed by atoms with Crippen molar-refractivity contribution in [2.75, 3.05) is 30.4 Å². The van der Waals surface area contributed by atoms with Crippen LogP contribution in [0.5, 0.6) is 0 Å². The van der Waals surface area contributed by atoms with Crippen molar-refractivity contribution in [3.05, 3.63) is 12.4 Å². The molecule has 2 N–H and O–H groups in total. The van der Waals surface area contributed by atoms with Crippen LogP contribution in [0.25, 0.3) is 0 Å². The summed E-state index contributed by atoms with van der Waals surface area (Å²) >= 11 is 0. The van der Waals surface area contributed by atoms with E-state index in [2.05, 4.69) is 53.3 Å². The molecule has 5 nitrogen and oxygen atoms in total. The highest BCUT2D eigenvalue weighted by Crippen LogP contribution is 2.17. The van der Waals surface area contributed by atoms with Crippen LogP contribution in [-0.4, -0.2) is 41.7 Å². The van der Waals surface area contributed by atoms with Crippen molar-refractivity contribution in [3.63, 3.8) is 0 Å². The molecule has 2 rings (SSSR count). The van der Waals surface area contributed by atoms with Gasteiger partial charge in [0, 0.05) is 31.2 Å². The molecule has 0 radical (unpaired) electrons. The van der Waals surface area contributed by atoms with Gasteiger partial charge in [-0.25, -0.2) is 9.97 Å². The quantitative estimate of drug-likeness (QED) is 0.868. The normalized spacial score (nSPS) is 19.5. The van der Waals surface area contributed by atoms with Gasteiger partial charge in [0.1, 0.15) is 18.0 Å². The van der Waals surface area contributed by atoms with Gasteiger partial charge in [0.25, 0.3) is 0 Å². The maximum atomic E-state index is 4.36. The van der Waals surface area contributed by atoms with Gasteiger partial charge in [-0.2, -0.15) is 0 Å². The Morgan fingerprint density at radius 1 is 1.42 bits per heavy atom. The number of aromatic nitrogens is 2. The third-order valence-electron chi connectivity index (χ3n) is 3.20. The van der Waals surface area contributed by atoms with E-state index < -0.39 is 0 Å². The van der Waals surface area contributed by atoms with E-state index in [1.807, 2.05) is 6.07 Å². The summed E-state index contributed by atoms with van der Waals surface area (Å²) in [5.74, 6) is 1.85. The van der Waals surface area contributed by atoms with Gasteiger partial charge in [0.2, 0.25) is 0 Å². The number of hydrogen-bond acceptors (Lipinski definition) is 5. The van der Waals surface area contributed by atoms with E-state index in [1.54, 1.807) is 6.33 Å². The van der Waals surface area contributed by atoms with Crippen LogP contribution >= 0.6 is 0 Å². The fourth-order valence-corrected chi connectivity index (χ4v) is 2.35. The lowest BCUT2D eigenvalue weighted by Crippen LogP contribution is -2.35. The molecule has 1 aliphatic heterocycles. The predicted molar refractivity (Wildman–Crippen MR) is 79.7 cm³/mol. The number of rotatable bonds is 4. The molecule has 106 valence electrons. The summed E-state index contributed by atoms with van der Waals surface area (Å²) in [7, 11) is 2.09. The Kier molecular flexibility index (Phi) is 4.24. The molecule has 2 heterocycles. The highest BCUT2D eigenvalue weighted by atomic mass is 15.2. The number of likely N-dealkylation sites (N-methyl/N-ethyl adjacent to an activating group) is 1. The lowest BCUT2D eigenvalue weighted by Gasteiger charge is -2.24. The van der Waals surface area contributed by atoms with Gasteiger partial charge in [-0.05, 0) is 40.2 Å². The number of nitrogens with one attached hydrogen (secondary N) is 2. The van der Waals surface area contributed by atoms with Crippen LogP contribution in [0, 0.1) is 0 Å². The van der Waals surface area contributed by atoms with Crippen LogP contribution in [0.4, 0.5) is 11.6 Å². The molecule has 1 saturated heterocycles. The molecule has 0 aromatic carbocycles. The molecule has 0 spiro atoms. The fourth-order valence-electron chi connectivity index (χ4n) is 2.35. The van der Waals surface area contributed by atoms with Gasteiger partial charge in [-0.3, -0.25) is 0 Å². The van der Waals surface area contributed by atoms with Gasteiger partial charge in [-0.1, -0.05) is 0 Å². The van der Waals surface area contributed by atoms with Crippen molar-refractivity contribution in [1.82, 2.24) is 15.3 Å². The van der Waals surface area contributed by atoms with Gasteiger partial charge >= 0.3 is 0 Å². The Morgan fingerprint density at radius 3 is 2.84 bits per heavy atom. The molecule has 1 atom stereocenters. The summed E-state index contributed by atoms with van der Waals surface area (Å²) in [6, 6.07) is 2.60. The van der Waals surface area contributed by atoms with Gasteiger partial charge in [0.15, 0.2) is 0 Å². The van der Waals surface area contributed by atoms with Crippen LogP contribution in [0.15, 0.2) is 12.4 Å². The molecule has 1 unspecified atom stereocenters. The molecule has 0 bridgehead atoms. The summed E-state index contributed by atoms with van der Waals surface area (Å²) in [6.07, 6.45) is 4.16. The SMILES string of the molecule is CN(CC1CCCN1)c1cc(NC(C)(C)C)ncn1. The van der Waals surface area contributed by atoms with Crippen molar-refractivity contribution < 1.29 is 0 Å². The van der Waals surface area contributed by atoms with E-state index in [9.17, 15) is 0 Å². The maximum Gasteiger partial charge on any atom is 0.133 e. The fraction of sp³-hybridized carbons (Fsp3) is 0.714. The van der Waals surface area contributed by atoms with Crippen molar-refractivity contribution in [2.45, 2.75) is 45.2 Å².